The van der Waals surface area contributed by atoms with Crippen LogP contribution in [0, 0.1) is 0 Å². The molecular formula is C10H10O6. The first-order valence-corrected chi connectivity index (χ1v) is 4.07. The van der Waals surface area contributed by atoms with E-state index in [-0.39, 0.29) is 5.57 Å². The van der Waals surface area contributed by atoms with Gasteiger partial charge < -0.3 is 14.6 Å². The minimum atomic E-state index is -1.37. The lowest BCUT2D eigenvalue weighted by Gasteiger charge is -2.02. The number of carboxylic acids is 1. The van der Waals surface area contributed by atoms with Crippen molar-refractivity contribution >= 4 is 17.9 Å². The highest BCUT2D eigenvalue weighted by Crippen LogP contribution is 2.06. The maximum absolute atomic E-state index is 11.2. The molecule has 0 unspecified atom stereocenters. The van der Waals surface area contributed by atoms with Gasteiger partial charge in [0.05, 0.1) is 24.5 Å². The van der Waals surface area contributed by atoms with Crippen molar-refractivity contribution < 1.29 is 29.0 Å². The Balaban J connectivity index is 4.75. The van der Waals surface area contributed by atoms with Crippen LogP contribution in [0.15, 0.2) is 37.3 Å². The van der Waals surface area contributed by atoms with Crippen LogP contribution in [0.5, 0.6) is 0 Å². The number of hydrogen-bond acceptors (Lipinski definition) is 5. The van der Waals surface area contributed by atoms with E-state index < -0.39 is 24.3 Å². The summed E-state index contributed by atoms with van der Waals surface area (Å²) in [5.74, 6) is -3.16. The average molecular weight is 226 g/mol. The van der Waals surface area contributed by atoms with Crippen LogP contribution >= 0.6 is 0 Å². The third-order valence-electron chi connectivity index (χ3n) is 1.30. The van der Waals surface area contributed by atoms with Crippen molar-refractivity contribution in [2.45, 2.75) is 6.42 Å². The molecule has 0 bridgehead atoms. The Bertz CT molecular complexity index is 352. The lowest BCUT2D eigenvalue weighted by Crippen LogP contribution is -2.12. The van der Waals surface area contributed by atoms with E-state index in [0.29, 0.717) is 6.08 Å². The van der Waals surface area contributed by atoms with Crippen LogP contribution in [0.4, 0.5) is 0 Å². The third-order valence-corrected chi connectivity index (χ3v) is 1.30. The fourth-order valence-corrected chi connectivity index (χ4v) is 0.773. The van der Waals surface area contributed by atoms with Gasteiger partial charge in [-0.1, -0.05) is 13.2 Å². The van der Waals surface area contributed by atoms with Crippen molar-refractivity contribution in [2.75, 3.05) is 0 Å². The molecule has 0 aliphatic rings. The summed E-state index contributed by atoms with van der Waals surface area (Å²) in [6.45, 7) is 6.27. The Morgan fingerprint density at radius 1 is 1.12 bits per heavy atom. The maximum Gasteiger partial charge on any atom is 0.339 e. The summed E-state index contributed by atoms with van der Waals surface area (Å²) in [4.78, 5) is 32.5. The quantitative estimate of drug-likeness (QED) is 0.408. The van der Waals surface area contributed by atoms with Crippen LogP contribution in [0.3, 0.4) is 0 Å². The van der Waals surface area contributed by atoms with Crippen molar-refractivity contribution in [1.29, 1.82) is 0 Å². The molecule has 0 fully saturated rings. The Hall–Kier alpha value is -2.37. The first kappa shape index (κ1) is 13.6. The molecular weight excluding hydrogens is 216 g/mol. The molecule has 6 heteroatoms. The van der Waals surface area contributed by atoms with Gasteiger partial charge in [0.15, 0.2) is 0 Å². The fourth-order valence-electron chi connectivity index (χ4n) is 0.773. The zero-order chi connectivity index (χ0) is 12.6. The van der Waals surface area contributed by atoms with E-state index in [0.717, 1.165) is 12.5 Å². The number of rotatable bonds is 6. The lowest BCUT2D eigenvalue weighted by atomic mass is 10.2. The number of carbonyl (C=O) groups excluding carboxylic acids is 2. The minimum Gasteiger partial charge on any atom is -0.478 e. The van der Waals surface area contributed by atoms with Crippen LogP contribution in [0.25, 0.3) is 0 Å². The molecule has 0 aromatic rings. The molecule has 16 heavy (non-hydrogen) atoms. The van der Waals surface area contributed by atoms with E-state index in [1.165, 1.54) is 0 Å². The van der Waals surface area contributed by atoms with Gasteiger partial charge in [0.1, 0.15) is 0 Å². The molecule has 0 spiro atoms. The average Bonchev–Trinajstić information content (AvgIpc) is 2.16. The first-order valence-electron chi connectivity index (χ1n) is 4.07. The summed E-state index contributed by atoms with van der Waals surface area (Å²) in [7, 11) is 0. The Morgan fingerprint density at radius 2 is 1.69 bits per heavy atom. The van der Waals surface area contributed by atoms with Crippen LogP contribution in [0.1, 0.15) is 6.42 Å². The van der Waals surface area contributed by atoms with Gasteiger partial charge in [0.25, 0.3) is 0 Å². The van der Waals surface area contributed by atoms with Crippen molar-refractivity contribution in [3.05, 3.63) is 37.3 Å². The third kappa shape index (κ3) is 5.38. The molecule has 6 nitrogen and oxygen atoms in total. The van der Waals surface area contributed by atoms with Gasteiger partial charge in [-0.3, -0.25) is 4.79 Å². The second kappa shape index (κ2) is 6.99. The first-order chi connectivity index (χ1) is 7.51. The van der Waals surface area contributed by atoms with Crippen molar-refractivity contribution in [2.24, 2.45) is 0 Å². The van der Waals surface area contributed by atoms with Gasteiger partial charge in [0, 0.05) is 6.08 Å². The van der Waals surface area contributed by atoms with E-state index in [1.807, 2.05) is 0 Å². The molecule has 0 amide bonds. The standard InChI is InChI=1S/C10H10O6/c1-3-15-9(13)6-7(5-8(11)12)10(14)16-4-2/h3-5H,1-2,6H2,(H,11,12)/b7-5+. The predicted molar refractivity (Wildman–Crippen MR) is 52.9 cm³/mol. The highest BCUT2D eigenvalue weighted by Gasteiger charge is 2.16. The monoisotopic (exact) mass is 226 g/mol. The van der Waals surface area contributed by atoms with Crippen LogP contribution < -0.4 is 0 Å². The molecule has 0 aliphatic heterocycles. The van der Waals surface area contributed by atoms with E-state index >= 15 is 0 Å². The Morgan fingerprint density at radius 3 is 2.12 bits per heavy atom. The molecule has 0 aliphatic carbocycles. The van der Waals surface area contributed by atoms with Crippen LogP contribution in [0.2, 0.25) is 0 Å². The van der Waals surface area contributed by atoms with E-state index in [9.17, 15) is 14.4 Å². The maximum atomic E-state index is 11.2. The van der Waals surface area contributed by atoms with Gasteiger partial charge in [0.2, 0.25) is 0 Å². The number of aliphatic carboxylic acids is 1. The highest BCUT2D eigenvalue weighted by atomic mass is 16.5. The molecule has 86 valence electrons. The normalized spacial score (nSPS) is 10.1. The van der Waals surface area contributed by atoms with Gasteiger partial charge in [-0.05, 0) is 0 Å². The van der Waals surface area contributed by atoms with Gasteiger partial charge in [-0.15, -0.1) is 0 Å². The Labute approximate surface area is 91.5 Å². The van der Waals surface area contributed by atoms with Gasteiger partial charge in [-0.2, -0.15) is 0 Å². The van der Waals surface area contributed by atoms with Crippen molar-refractivity contribution in [3.63, 3.8) is 0 Å². The molecule has 0 rings (SSSR count). The number of carbonyl (C=O) groups is 3. The molecule has 1 N–H and O–H groups in total. The molecule has 0 radical (unpaired) electrons. The number of carboxylic acid groups (broad SMARTS) is 1. The molecule has 0 atom stereocenters. The SMILES string of the molecule is C=COC(=O)C/C(=C\C(=O)O)C(=O)OC=C. The van der Waals surface area contributed by atoms with E-state index in [4.69, 9.17) is 5.11 Å². The largest absolute Gasteiger partial charge is 0.478 e. The number of ether oxygens (including phenoxy) is 2. The molecule has 0 aromatic carbocycles. The zero-order valence-electron chi connectivity index (χ0n) is 8.34. The predicted octanol–water partition coefficient (Wildman–Crippen LogP) is 0.761. The Kier molecular flexibility index (Phi) is 5.96. The highest BCUT2D eigenvalue weighted by molar-refractivity contribution is 5.99. The van der Waals surface area contributed by atoms with Crippen molar-refractivity contribution in [1.82, 2.24) is 0 Å². The van der Waals surface area contributed by atoms with Crippen LogP contribution in [-0.2, 0) is 23.9 Å². The molecule has 0 aromatic heterocycles. The van der Waals surface area contributed by atoms with Crippen molar-refractivity contribution in [3.8, 4) is 0 Å². The summed E-state index contributed by atoms with van der Waals surface area (Å²) in [6, 6.07) is 0. The topological polar surface area (TPSA) is 89.9 Å². The lowest BCUT2D eigenvalue weighted by molar-refractivity contribution is -0.140. The second-order valence-electron chi connectivity index (χ2n) is 2.41. The summed E-state index contributed by atoms with van der Waals surface area (Å²) in [5.41, 5.74) is -0.348. The van der Waals surface area contributed by atoms with E-state index in [1.54, 1.807) is 0 Å². The number of esters is 2. The van der Waals surface area contributed by atoms with E-state index in [2.05, 4.69) is 22.6 Å². The summed E-state index contributed by atoms with van der Waals surface area (Å²) < 4.78 is 8.68. The second-order valence-corrected chi connectivity index (χ2v) is 2.41. The molecule has 0 heterocycles. The van der Waals surface area contributed by atoms with Gasteiger partial charge in [-0.25, -0.2) is 9.59 Å². The fraction of sp³-hybridized carbons (Fsp3) is 0.100. The smallest absolute Gasteiger partial charge is 0.339 e. The minimum absolute atomic E-state index is 0.348. The molecule has 0 saturated carbocycles. The number of hydrogen-bond donors (Lipinski definition) is 1. The summed E-state index contributed by atoms with van der Waals surface area (Å²) >= 11 is 0. The zero-order valence-corrected chi connectivity index (χ0v) is 8.34. The summed E-state index contributed by atoms with van der Waals surface area (Å²) in [5, 5.41) is 8.46. The van der Waals surface area contributed by atoms with Crippen LogP contribution in [-0.4, -0.2) is 23.0 Å². The summed E-state index contributed by atoms with van der Waals surface area (Å²) in [6.07, 6.45) is 1.75. The molecule has 0 saturated heterocycles. The van der Waals surface area contributed by atoms with Gasteiger partial charge >= 0.3 is 17.9 Å².